The number of rotatable bonds is 8. The zero-order valence-corrected chi connectivity index (χ0v) is 18.6. The summed E-state index contributed by atoms with van der Waals surface area (Å²) in [4.78, 5) is 4.05. The molecule has 0 heterocycles. The molecule has 0 saturated heterocycles. The summed E-state index contributed by atoms with van der Waals surface area (Å²) in [6, 6.07) is 10.3. The summed E-state index contributed by atoms with van der Waals surface area (Å²) < 4.78 is 67.9. The Labute approximate surface area is 188 Å². The summed E-state index contributed by atoms with van der Waals surface area (Å²) in [6.07, 6.45) is -4.08. The fraction of sp³-hybridized carbons (Fsp3) is 0.350. The minimum atomic E-state index is -4.36. The molecule has 0 aliphatic rings. The lowest BCUT2D eigenvalue weighted by Crippen LogP contribution is -2.37. The third kappa shape index (κ3) is 9.70. The monoisotopic (exact) mass is 543 g/mol. The van der Waals surface area contributed by atoms with Gasteiger partial charge < -0.3 is 15.4 Å². The van der Waals surface area contributed by atoms with Gasteiger partial charge in [0.05, 0.1) is 6.61 Å². The summed E-state index contributed by atoms with van der Waals surface area (Å²) >= 11 is 0. The Kier molecular flexibility index (Phi) is 11.0. The van der Waals surface area contributed by atoms with E-state index in [1.165, 1.54) is 0 Å². The van der Waals surface area contributed by atoms with Gasteiger partial charge in [-0.3, -0.25) is 4.99 Å². The first-order valence-electron chi connectivity index (χ1n) is 8.87. The van der Waals surface area contributed by atoms with Crippen LogP contribution >= 0.6 is 24.0 Å². The van der Waals surface area contributed by atoms with Crippen molar-refractivity contribution in [3.8, 4) is 0 Å². The quantitative estimate of drug-likeness (QED) is 0.222. The van der Waals surface area contributed by atoms with Gasteiger partial charge in [-0.25, -0.2) is 8.78 Å². The van der Waals surface area contributed by atoms with Gasteiger partial charge in [-0.15, -0.1) is 24.0 Å². The van der Waals surface area contributed by atoms with Crippen LogP contribution in [0.5, 0.6) is 0 Å². The fourth-order valence-corrected chi connectivity index (χ4v) is 2.57. The van der Waals surface area contributed by atoms with Crippen molar-refractivity contribution in [1.82, 2.24) is 10.6 Å². The van der Waals surface area contributed by atoms with E-state index in [-0.39, 0.29) is 42.6 Å². The van der Waals surface area contributed by atoms with E-state index < -0.39 is 24.4 Å². The normalized spacial score (nSPS) is 11.7. The minimum absolute atomic E-state index is 0. The number of aliphatic imine (C=N–C) groups is 1. The van der Waals surface area contributed by atoms with Gasteiger partial charge in [0.2, 0.25) is 0 Å². The maximum absolute atomic E-state index is 13.6. The predicted octanol–water partition coefficient (Wildman–Crippen LogP) is 4.57. The van der Waals surface area contributed by atoms with Gasteiger partial charge in [-0.2, -0.15) is 13.2 Å². The van der Waals surface area contributed by atoms with Crippen LogP contribution < -0.4 is 10.6 Å². The highest BCUT2D eigenvalue weighted by Gasteiger charge is 2.27. The second-order valence-electron chi connectivity index (χ2n) is 6.27. The topological polar surface area (TPSA) is 45.7 Å². The van der Waals surface area contributed by atoms with Crippen LogP contribution in [-0.4, -0.2) is 32.3 Å². The first-order valence-corrected chi connectivity index (χ1v) is 8.87. The summed E-state index contributed by atoms with van der Waals surface area (Å²) in [7, 11) is 1.57. The van der Waals surface area contributed by atoms with E-state index in [0.717, 1.165) is 23.8 Å². The largest absolute Gasteiger partial charge is 0.411 e. The van der Waals surface area contributed by atoms with Gasteiger partial charge in [-0.05, 0) is 41.3 Å². The van der Waals surface area contributed by atoms with Crippen molar-refractivity contribution in [3.05, 3.63) is 70.8 Å². The highest BCUT2D eigenvalue weighted by atomic mass is 127. The number of guanidine groups is 1. The van der Waals surface area contributed by atoms with Crippen molar-refractivity contribution < 1.29 is 26.7 Å². The van der Waals surface area contributed by atoms with Gasteiger partial charge in [0.25, 0.3) is 0 Å². The Morgan fingerprint density at radius 2 is 1.77 bits per heavy atom. The molecule has 0 amide bonds. The molecule has 0 aliphatic carbocycles. The third-order valence-electron chi connectivity index (χ3n) is 3.90. The average Bonchev–Trinajstić information content (AvgIpc) is 2.66. The molecule has 2 rings (SSSR count). The van der Waals surface area contributed by atoms with Crippen molar-refractivity contribution in [2.45, 2.75) is 25.7 Å². The van der Waals surface area contributed by atoms with Crippen LogP contribution in [0, 0.1) is 11.6 Å². The molecule has 2 aromatic rings. The van der Waals surface area contributed by atoms with E-state index in [9.17, 15) is 22.0 Å². The molecule has 0 bridgehead atoms. The van der Waals surface area contributed by atoms with Crippen LogP contribution in [0.4, 0.5) is 22.0 Å². The summed E-state index contributed by atoms with van der Waals surface area (Å²) in [5, 5.41) is 6.06. The van der Waals surface area contributed by atoms with Crippen molar-refractivity contribution in [1.29, 1.82) is 0 Å². The molecule has 0 saturated carbocycles. The van der Waals surface area contributed by atoms with Crippen molar-refractivity contribution in [2.24, 2.45) is 4.99 Å². The van der Waals surface area contributed by atoms with E-state index >= 15 is 0 Å². The molecule has 0 atom stereocenters. The molecule has 0 unspecified atom stereocenters. The number of hydrogen-bond donors (Lipinski definition) is 2. The maximum Gasteiger partial charge on any atom is 0.411 e. The number of ether oxygens (including phenoxy) is 1. The van der Waals surface area contributed by atoms with Gasteiger partial charge in [0, 0.05) is 20.1 Å². The Balaban J connectivity index is 0.00000450. The van der Waals surface area contributed by atoms with E-state index in [1.54, 1.807) is 25.2 Å². The van der Waals surface area contributed by atoms with E-state index in [4.69, 9.17) is 0 Å². The van der Waals surface area contributed by atoms with Crippen molar-refractivity contribution in [2.75, 3.05) is 20.2 Å². The second-order valence-corrected chi connectivity index (χ2v) is 6.27. The molecule has 4 nitrogen and oxygen atoms in total. The molecule has 10 heteroatoms. The minimum Gasteiger partial charge on any atom is -0.367 e. The number of alkyl halides is 3. The zero-order valence-electron chi connectivity index (χ0n) is 16.2. The van der Waals surface area contributed by atoms with E-state index in [2.05, 4.69) is 20.4 Å². The van der Waals surface area contributed by atoms with Gasteiger partial charge >= 0.3 is 6.18 Å². The molecule has 0 fully saturated rings. The van der Waals surface area contributed by atoms with Crippen LogP contribution in [0.25, 0.3) is 0 Å². The van der Waals surface area contributed by atoms with Crippen molar-refractivity contribution >= 4 is 29.9 Å². The Morgan fingerprint density at radius 1 is 1.03 bits per heavy atom. The fourth-order valence-electron chi connectivity index (χ4n) is 2.57. The lowest BCUT2D eigenvalue weighted by atomic mass is 10.1. The molecule has 2 N–H and O–H groups in total. The Morgan fingerprint density at radius 3 is 2.47 bits per heavy atom. The Hall–Kier alpha value is -1.95. The molecule has 0 aliphatic heterocycles. The number of hydrogen-bond acceptors (Lipinski definition) is 2. The van der Waals surface area contributed by atoms with E-state index in [1.807, 2.05) is 6.07 Å². The van der Waals surface area contributed by atoms with Crippen LogP contribution in [-0.2, 0) is 24.3 Å². The summed E-state index contributed by atoms with van der Waals surface area (Å²) in [6.45, 7) is -0.718. The smallest absolute Gasteiger partial charge is 0.367 e. The van der Waals surface area contributed by atoms with Crippen molar-refractivity contribution in [3.63, 3.8) is 0 Å². The molecule has 166 valence electrons. The standard InChI is InChI=1S/C20H22F5N3O.HI/c1-26-19(27-8-7-16-10-17(21)5-6-18(16)22)28-11-14-3-2-4-15(9-14)12-29-13-20(23,24)25;/h2-6,9-10H,7-8,11-13H2,1H3,(H2,26,27,28);1H. The van der Waals surface area contributed by atoms with Crippen LogP contribution in [0.1, 0.15) is 16.7 Å². The van der Waals surface area contributed by atoms with Gasteiger partial charge in [0.15, 0.2) is 5.96 Å². The van der Waals surface area contributed by atoms with Crippen LogP contribution in [0.3, 0.4) is 0 Å². The lowest BCUT2D eigenvalue weighted by Gasteiger charge is -2.13. The highest BCUT2D eigenvalue weighted by molar-refractivity contribution is 14.0. The van der Waals surface area contributed by atoms with Gasteiger partial charge in [-0.1, -0.05) is 24.3 Å². The van der Waals surface area contributed by atoms with Crippen LogP contribution in [0.2, 0.25) is 0 Å². The first-order chi connectivity index (χ1) is 13.8. The summed E-state index contributed by atoms with van der Waals surface area (Å²) in [5.74, 6) is -0.510. The van der Waals surface area contributed by atoms with E-state index in [0.29, 0.717) is 24.6 Å². The van der Waals surface area contributed by atoms with Gasteiger partial charge in [0.1, 0.15) is 18.2 Å². The number of nitrogens with one attached hydrogen (secondary N) is 2. The SMILES string of the molecule is CN=C(NCCc1cc(F)ccc1F)NCc1cccc(COCC(F)(F)F)c1.I. The predicted molar refractivity (Wildman–Crippen MR) is 116 cm³/mol. The molecule has 2 aromatic carbocycles. The number of benzene rings is 2. The second kappa shape index (κ2) is 12.7. The molecule has 0 aromatic heterocycles. The molecular weight excluding hydrogens is 520 g/mol. The van der Waals surface area contributed by atoms with Crippen LogP contribution in [0.15, 0.2) is 47.5 Å². The Bertz CT molecular complexity index is 830. The molecular formula is C20H23F5IN3O. The third-order valence-corrected chi connectivity index (χ3v) is 3.90. The molecule has 30 heavy (non-hydrogen) atoms. The summed E-state index contributed by atoms with van der Waals surface area (Å²) in [5.41, 5.74) is 1.72. The number of nitrogens with zero attached hydrogens (tertiary/aromatic N) is 1. The highest BCUT2D eigenvalue weighted by Crippen LogP contribution is 2.16. The molecule has 0 spiro atoms. The zero-order chi connectivity index (χ0) is 21.3. The average molecular weight is 543 g/mol. The number of halogens is 6. The maximum atomic E-state index is 13.6. The lowest BCUT2D eigenvalue weighted by molar-refractivity contribution is -0.176. The molecule has 0 radical (unpaired) electrons. The first kappa shape index (κ1) is 26.1.